The molecule has 4 nitrogen and oxygen atoms in total. The quantitative estimate of drug-likeness (QED) is 0.362. The summed E-state index contributed by atoms with van der Waals surface area (Å²) in [7, 11) is -3.05. The van der Waals surface area contributed by atoms with Crippen LogP contribution in [0.25, 0.3) is 27.7 Å². The maximum atomic E-state index is 13.9. The van der Waals surface area contributed by atoms with Crippen LogP contribution < -0.4 is 0 Å². The van der Waals surface area contributed by atoms with E-state index in [1.165, 1.54) is 24.3 Å². The smallest absolute Gasteiger partial charge is 0.163 e. The lowest BCUT2D eigenvalue weighted by Gasteiger charge is -2.09. The molecule has 1 saturated heterocycles. The number of ketones is 1. The second kappa shape index (κ2) is 8.23. The van der Waals surface area contributed by atoms with Crippen LogP contribution in [0.1, 0.15) is 23.2 Å². The zero-order chi connectivity index (χ0) is 23.2. The monoisotopic (exact) mass is 465 g/mol. The third-order valence-corrected chi connectivity index (χ3v) is 8.01. The number of halogens is 2. The Labute approximate surface area is 190 Å². The number of nitrogens with zero attached hydrogens (tertiary/aromatic N) is 1. The van der Waals surface area contributed by atoms with E-state index in [1.54, 1.807) is 30.3 Å². The van der Waals surface area contributed by atoms with Gasteiger partial charge in [0.2, 0.25) is 0 Å². The Morgan fingerprint density at radius 3 is 2.45 bits per heavy atom. The van der Waals surface area contributed by atoms with Crippen molar-refractivity contribution in [1.29, 1.82) is 0 Å². The number of hydrogen-bond acceptors (Lipinski definition) is 3. The molecule has 1 aliphatic heterocycles. The number of fused-ring (bicyclic) bond motifs is 1. The zero-order valence-electron chi connectivity index (χ0n) is 17.7. The van der Waals surface area contributed by atoms with E-state index in [9.17, 15) is 22.0 Å². The van der Waals surface area contributed by atoms with E-state index in [0.717, 1.165) is 16.5 Å². The maximum Gasteiger partial charge on any atom is 0.163 e. The van der Waals surface area contributed by atoms with E-state index in [4.69, 9.17) is 0 Å². The highest BCUT2D eigenvalue weighted by atomic mass is 32.2. The first kappa shape index (κ1) is 21.5. The summed E-state index contributed by atoms with van der Waals surface area (Å²) in [5, 5.41) is 0.824. The average Bonchev–Trinajstić information content (AvgIpc) is 3.33. The number of aromatic nitrogens is 1. The summed E-state index contributed by atoms with van der Waals surface area (Å²) in [5.74, 6) is -0.801. The number of Topliss-reactive ketones (excluding diaryl/α,β-unsaturated/α-hetero) is 1. The number of hydrogen-bond donors (Lipinski definition) is 0. The molecule has 0 bridgehead atoms. The van der Waals surface area contributed by atoms with Crippen molar-refractivity contribution in [3.63, 3.8) is 0 Å². The molecule has 168 valence electrons. The van der Waals surface area contributed by atoms with Crippen molar-refractivity contribution in [3.8, 4) is 16.8 Å². The second-order valence-corrected chi connectivity index (χ2v) is 10.8. The van der Waals surface area contributed by atoms with Gasteiger partial charge >= 0.3 is 0 Å². The standard InChI is InChI=1S/C26H21F2NO3S/c27-20-5-7-22(8-6-20)29-15-24(18-2-1-3-21(28)13-18)23-9-4-19(14-25(23)29)26(30)12-17-10-11-33(31,32)16-17/h1-9,13-15,17H,10-12,16H2. The van der Waals surface area contributed by atoms with E-state index in [-0.39, 0.29) is 41.3 Å². The Morgan fingerprint density at radius 2 is 1.76 bits per heavy atom. The van der Waals surface area contributed by atoms with Crippen molar-refractivity contribution in [2.24, 2.45) is 5.92 Å². The molecule has 1 fully saturated rings. The summed E-state index contributed by atoms with van der Waals surface area (Å²) in [6.07, 6.45) is 2.54. The van der Waals surface area contributed by atoms with E-state index in [0.29, 0.717) is 23.2 Å². The van der Waals surface area contributed by atoms with Crippen LogP contribution in [0.4, 0.5) is 8.78 Å². The minimum Gasteiger partial charge on any atom is -0.316 e. The van der Waals surface area contributed by atoms with Gasteiger partial charge in [-0.1, -0.05) is 24.3 Å². The van der Waals surface area contributed by atoms with Gasteiger partial charge in [-0.2, -0.15) is 0 Å². The van der Waals surface area contributed by atoms with Crippen molar-refractivity contribution in [1.82, 2.24) is 4.57 Å². The minimum atomic E-state index is -3.05. The molecule has 1 atom stereocenters. The van der Waals surface area contributed by atoms with Crippen molar-refractivity contribution in [2.45, 2.75) is 12.8 Å². The van der Waals surface area contributed by atoms with Crippen LogP contribution >= 0.6 is 0 Å². The summed E-state index contributed by atoms with van der Waals surface area (Å²) in [5.41, 5.74) is 3.39. The summed E-state index contributed by atoms with van der Waals surface area (Å²) >= 11 is 0. The molecular weight excluding hydrogens is 444 g/mol. The number of carbonyl (C=O) groups is 1. The van der Waals surface area contributed by atoms with Gasteiger partial charge < -0.3 is 4.57 Å². The van der Waals surface area contributed by atoms with Crippen molar-refractivity contribution in [3.05, 3.63) is 90.1 Å². The molecule has 3 aromatic carbocycles. The van der Waals surface area contributed by atoms with Gasteiger partial charge in [-0.15, -0.1) is 0 Å². The lowest BCUT2D eigenvalue weighted by atomic mass is 9.96. The fourth-order valence-electron chi connectivity index (χ4n) is 4.51. The van der Waals surface area contributed by atoms with Crippen LogP contribution in [0.15, 0.2) is 72.9 Å². The molecule has 4 aromatic rings. The Bertz CT molecular complexity index is 1470. The molecule has 5 rings (SSSR count). The van der Waals surface area contributed by atoms with E-state index in [1.807, 2.05) is 22.9 Å². The first-order chi connectivity index (χ1) is 15.8. The van der Waals surface area contributed by atoms with Crippen LogP contribution in [0.5, 0.6) is 0 Å². The van der Waals surface area contributed by atoms with E-state index < -0.39 is 9.84 Å². The van der Waals surface area contributed by atoms with Gasteiger partial charge in [-0.25, -0.2) is 17.2 Å². The number of carbonyl (C=O) groups excluding carboxylic acids is 1. The topological polar surface area (TPSA) is 56.1 Å². The number of benzene rings is 3. The molecule has 0 aliphatic carbocycles. The van der Waals surface area contributed by atoms with Crippen molar-refractivity contribution in [2.75, 3.05) is 11.5 Å². The lowest BCUT2D eigenvalue weighted by Crippen LogP contribution is -2.10. The fourth-order valence-corrected chi connectivity index (χ4v) is 6.38. The predicted molar refractivity (Wildman–Crippen MR) is 124 cm³/mol. The highest BCUT2D eigenvalue weighted by Crippen LogP contribution is 2.34. The molecule has 0 N–H and O–H groups in total. The minimum absolute atomic E-state index is 0.0522. The summed E-state index contributed by atoms with van der Waals surface area (Å²) in [6, 6.07) is 17.6. The van der Waals surface area contributed by atoms with Crippen LogP contribution in [0.2, 0.25) is 0 Å². The van der Waals surface area contributed by atoms with Gasteiger partial charge in [-0.05, 0) is 60.4 Å². The van der Waals surface area contributed by atoms with Crippen LogP contribution in [-0.4, -0.2) is 30.3 Å². The van der Waals surface area contributed by atoms with Crippen LogP contribution in [0.3, 0.4) is 0 Å². The third-order valence-electron chi connectivity index (χ3n) is 6.17. The van der Waals surface area contributed by atoms with Crippen LogP contribution in [0, 0.1) is 17.6 Å². The summed E-state index contributed by atoms with van der Waals surface area (Å²) in [4.78, 5) is 13.0. The fraction of sp³-hybridized carbons (Fsp3) is 0.192. The molecule has 0 saturated carbocycles. The van der Waals surface area contributed by atoms with E-state index >= 15 is 0 Å². The predicted octanol–water partition coefficient (Wildman–Crippen LogP) is 5.58. The number of sulfone groups is 1. The second-order valence-electron chi connectivity index (χ2n) is 8.53. The Morgan fingerprint density at radius 1 is 0.970 bits per heavy atom. The van der Waals surface area contributed by atoms with Gasteiger partial charge in [-0.3, -0.25) is 4.79 Å². The lowest BCUT2D eigenvalue weighted by molar-refractivity contribution is 0.0966. The highest BCUT2D eigenvalue weighted by Gasteiger charge is 2.29. The molecule has 1 aliphatic rings. The van der Waals surface area contributed by atoms with Gasteiger partial charge in [0.1, 0.15) is 11.6 Å². The van der Waals surface area contributed by atoms with Gasteiger partial charge in [0, 0.05) is 34.8 Å². The van der Waals surface area contributed by atoms with E-state index in [2.05, 4.69) is 0 Å². The Hall–Kier alpha value is -3.32. The first-order valence-corrected chi connectivity index (χ1v) is 12.5. The largest absolute Gasteiger partial charge is 0.316 e. The molecule has 1 aromatic heterocycles. The Kier molecular flexibility index (Phi) is 5.37. The molecule has 33 heavy (non-hydrogen) atoms. The number of rotatable bonds is 5. The van der Waals surface area contributed by atoms with Gasteiger partial charge in [0.05, 0.1) is 17.0 Å². The average molecular weight is 466 g/mol. The molecule has 0 spiro atoms. The summed E-state index contributed by atoms with van der Waals surface area (Å²) < 4.78 is 52.8. The zero-order valence-corrected chi connectivity index (χ0v) is 18.5. The summed E-state index contributed by atoms with van der Waals surface area (Å²) in [6.45, 7) is 0. The van der Waals surface area contributed by atoms with Crippen molar-refractivity contribution < 1.29 is 22.0 Å². The molecule has 1 unspecified atom stereocenters. The third kappa shape index (κ3) is 4.33. The van der Waals surface area contributed by atoms with Crippen LogP contribution in [-0.2, 0) is 9.84 Å². The first-order valence-electron chi connectivity index (χ1n) is 10.7. The molecule has 0 radical (unpaired) electrons. The highest BCUT2D eigenvalue weighted by molar-refractivity contribution is 7.91. The molecular formula is C26H21F2NO3S. The molecule has 2 heterocycles. The van der Waals surface area contributed by atoms with Gasteiger partial charge in [0.25, 0.3) is 0 Å². The normalized spacial score (nSPS) is 17.5. The molecule has 7 heteroatoms. The van der Waals surface area contributed by atoms with Gasteiger partial charge in [0.15, 0.2) is 15.6 Å². The van der Waals surface area contributed by atoms with Crippen molar-refractivity contribution >= 4 is 26.5 Å². The SMILES string of the molecule is O=C(CC1CCS(=O)(=O)C1)c1ccc2c(-c3cccc(F)c3)cn(-c3ccc(F)cc3)c2c1. The Balaban J connectivity index is 1.59. The molecule has 0 amide bonds. The maximum absolute atomic E-state index is 13.9.